The molecule has 1 aliphatic rings. The Kier molecular flexibility index (Phi) is 6.82. The standard InChI is InChI=1S/C20H17BrCl2N2O4/c1-11-5-15(21)16(23)8-17(11)24-18(26)10-29-20(28)12-6-19(27)25(9-12)14-4-2-3-13(22)7-14/h2-5,7-8,12H,6,9-10H2,1H3,(H,24,26). The van der Waals surface area contributed by atoms with Gasteiger partial charge in [-0.05, 0) is 58.7 Å². The third-order valence-electron chi connectivity index (χ3n) is 4.47. The second-order valence-corrected chi connectivity index (χ2v) is 8.32. The molecule has 6 nitrogen and oxygen atoms in total. The van der Waals surface area contributed by atoms with E-state index in [0.29, 0.717) is 21.4 Å². The lowest BCUT2D eigenvalue weighted by atomic mass is 10.1. The second-order valence-electron chi connectivity index (χ2n) is 6.62. The van der Waals surface area contributed by atoms with E-state index in [4.69, 9.17) is 27.9 Å². The van der Waals surface area contributed by atoms with Crippen molar-refractivity contribution in [3.05, 3.63) is 56.5 Å². The quantitative estimate of drug-likeness (QED) is 0.610. The summed E-state index contributed by atoms with van der Waals surface area (Å²) >= 11 is 15.3. The van der Waals surface area contributed by atoms with Gasteiger partial charge in [-0.25, -0.2) is 0 Å². The number of halogens is 3. The van der Waals surface area contributed by atoms with Crippen LogP contribution in [0.1, 0.15) is 12.0 Å². The Morgan fingerprint density at radius 1 is 1.28 bits per heavy atom. The predicted molar refractivity (Wildman–Crippen MR) is 115 cm³/mol. The molecule has 2 aromatic rings. The van der Waals surface area contributed by atoms with Crippen molar-refractivity contribution in [3.63, 3.8) is 0 Å². The Morgan fingerprint density at radius 2 is 2.03 bits per heavy atom. The van der Waals surface area contributed by atoms with E-state index >= 15 is 0 Å². The largest absolute Gasteiger partial charge is 0.455 e. The minimum absolute atomic E-state index is 0.0222. The van der Waals surface area contributed by atoms with Gasteiger partial charge in [-0.1, -0.05) is 29.3 Å². The average Bonchev–Trinajstić information content (AvgIpc) is 3.06. The molecule has 0 spiro atoms. The van der Waals surface area contributed by atoms with Crippen molar-refractivity contribution in [1.29, 1.82) is 0 Å². The summed E-state index contributed by atoms with van der Waals surface area (Å²) in [6.07, 6.45) is 0.0222. The van der Waals surface area contributed by atoms with Gasteiger partial charge >= 0.3 is 5.97 Å². The molecule has 1 N–H and O–H groups in total. The zero-order chi connectivity index (χ0) is 21.1. The number of nitrogens with one attached hydrogen (secondary N) is 1. The Morgan fingerprint density at radius 3 is 2.76 bits per heavy atom. The topological polar surface area (TPSA) is 75.7 Å². The first-order valence-electron chi connectivity index (χ1n) is 8.72. The third-order valence-corrected chi connectivity index (χ3v) is 5.90. The van der Waals surface area contributed by atoms with Crippen LogP contribution in [0.25, 0.3) is 0 Å². The van der Waals surface area contributed by atoms with Crippen LogP contribution in [-0.2, 0) is 19.1 Å². The Balaban J connectivity index is 1.55. The molecule has 1 aliphatic heterocycles. The molecule has 1 fully saturated rings. The molecular weight excluding hydrogens is 483 g/mol. The van der Waals surface area contributed by atoms with Crippen LogP contribution in [0.5, 0.6) is 0 Å². The van der Waals surface area contributed by atoms with E-state index < -0.39 is 24.4 Å². The molecule has 0 saturated carbocycles. The minimum atomic E-state index is -0.641. The molecule has 2 aromatic carbocycles. The Bertz CT molecular complexity index is 983. The number of hydrogen-bond acceptors (Lipinski definition) is 4. The maximum atomic E-state index is 12.3. The summed E-state index contributed by atoms with van der Waals surface area (Å²) in [5.41, 5.74) is 1.96. The van der Waals surface area contributed by atoms with E-state index in [2.05, 4.69) is 21.2 Å². The van der Waals surface area contributed by atoms with Crippen LogP contribution in [0, 0.1) is 12.8 Å². The normalized spacial score (nSPS) is 16.1. The average molecular weight is 500 g/mol. The zero-order valence-corrected chi connectivity index (χ0v) is 18.5. The van der Waals surface area contributed by atoms with Gasteiger partial charge in [0, 0.05) is 33.8 Å². The molecule has 152 valence electrons. The molecule has 0 aromatic heterocycles. The highest BCUT2D eigenvalue weighted by Crippen LogP contribution is 2.29. The van der Waals surface area contributed by atoms with Crippen molar-refractivity contribution in [2.75, 3.05) is 23.4 Å². The third kappa shape index (κ3) is 5.29. The minimum Gasteiger partial charge on any atom is -0.455 e. The summed E-state index contributed by atoms with van der Waals surface area (Å²) in [5.74, 6) is -1.92. The van der Waals surface area contributed by atoms with Crippen LogP contribution in [-0.4, -0.2) is 30.9 Å². The monoisotopic (exact) mass is 498 g/mol. The lowest BCUT2D eigenvalue weighted by molar-refractivity contribution is -0.151. The first kappa shape index (κ1) is 21.6. The molecule has 1 heterocycles. The Hall–Kier alpha value is -2.09. The van der Waals surface area contributed by atoms with Crippen molar-refractivity contribution >= 4 is 68.3 Å². The van der Waals surface area contributed by atoms with Gasteiger partial charge in [0.05, 0.1) is 10.9 Å². The maximum Gasteiger partial charge on any atom is 0.311 e. The molecule has 0 bridgehead atoms. The molecule has 1 unspecified atom stereocenters. The van der Waals surface area contributed by atoms with Gasteiger partial charge in [-0.3, -0.25) is 14.4 Å². The number of ether oxygens (including phenoxy) is 1. The zero-order valence-electron chi connectivity index (χ0n) is 15.4. The summed E-state index contributed by atoms with van der Waals surface area (Å²) in [6, 6.07) is 10.2. The van der Waals surface area contributed by atoms with Crippen LogP contribution in [0.3, 0.4) is 0 Å². The lowest BCUT2D eigenvalue weighted by Crippen LogP contribution is -2.28. The predicted octanol–water partition coefficient (Wildman–Crippen LogP) is 4.60. The number of esters is 1. The first-order chi connectivity index (χ1) is 13.7. The van der Waals surface area contributed by atoms with E-state index in [1.54, 1.807) is 36.4 Å². The summed E-state index contributed by atoms with van der Waals surface area (Å²) in [6.45, 7) is 1.55. The number of carbonyl (C=O) groups is 3. The fourth-order valence-electron chi connectivity index (χ4n) is 2.98. The number of aryl methyl sites for hydroxylation is 1. The Labute approximate surface area is 186 Å². The highest BCUT2D eigenvalue weighted by molar-refractivity contribution is 9.10. The van der Waals surface area contributed by atoms with Crippen molar-refractivity contribution in [2.24, 2.45) is 5.92 Å². The first-order valence-corrected chi connectivity index (χ1v) is 10.3. The molecule has 1 saturated heterocycles. The number of nitrogens with zero attached hydrogens (tertiary/aromatic N) is 1. The molecule has 3 rings (SSSR count). The molecule has 2 amide bonds. The van der Waals surface area contributed by atoms with Gasteiger partial charge in [0.15, 0.2) is 6.61 Å². The van der Waals surface area contributed by atoms with E-state index in [-0.39, 0.29) is 18.9 Å². The van der Waals surface area contributed by atoms with Gasteiger partial charge in [0.25, 0.3) is 5.91 Å². The molecular formula is C20H17BrCl2N2O4. The maximum absolute atomic E-state index is 12.3. The summed E-state index contributed by atoms with van der Waals surface area (Å²) < 4.78 is 5.83. The van der Waals surface area contributed by atoms with Crippen LogP contribution in [0.2, 0.25) is 10.0 Å². The van der Waals surface area contributed by atoms with E-state index in [1.165, 1.54) is 4.90 Å². The number of anilines is 2. The second kappa shape index (κ2) is 9.15. The number of benzene rings is 2. The molecule has 0 radical (unpaired) electrons. The summed E-state index contributed by atoms with van der Waals surface area (Å²) in [7, 11) is 0. The van der Waals surface area contributed by atoms with E-state index in [9.17, 15) is 14.4 Å². The lowest BCUT2D eigenvalue weighted by Gasteiger charge is -2.16. The summed E-state index contributed by atoms with van der Waals surface area (Å²) in [5, 5.41) is 3.61. The van der Waals surface area contributed by atoms with Crippen LogP contribution < -0.4 is 10.2 Å². The van der Waals surface area contributed by atoms with Crippen molar-refractivity contribution < 1.29 is 19.1 Å². The number of rotatable bonds is 5. The van der Waals surface area contributed by atoms with Gasteiger partial charge in [0.1, 0.15) is 0 Å². The van der Waals surface area contributed by atoms with Gasteiger partial charge in [-0.2, -0.15) is 0 Å². The highest BCUT2D eigenvalue weighted by atomic mass is 79.9. The number of carbonyl (C=O) groups excluding carboxylic acids is 3. The smallest absolute Gasteiger partial charge is 0.311 e. The van der Waals surface area contributed by atoms with Crippen molar-refractivity contribution in [2.45, 2.75) is 13.3 Å². The van der Waals surface area contributed by atoms with Gasteiger partial charge in [0.2, 0.25) is 5.91 Å². The van der Waals surface area contributed by atoms with Crippen molar-refractivity contribution in [1.82, 2.24) is 0 Å². The van der Waals surface area contributed by atoms with E-state index in [1.807, 2.05) is 6.92 Å². The number of amides is 2. The highest BCUT2D eigenvalue weighted by Gasteiger charge is 2.36. The van der Waals surface area contributed by atoms with Crippen LogP contribution >= 0.6 is 39.1 Å². The van der Waals surface area contributed by atoms with Crippen molar-refractivity contribution in [3.8, 4) is 0 Å². The van der Waals surface area contributed by atoms with Gasteiger partial charge < -0.3 is 15.0 Å². The fraction of sp³-hybridized carbons (Fsp3) is 0.250. The van der Waals surface area contributed by atoms with Crippen LogP contribution in [0.15, 0.2) is 40.9 Å². The van der Waals surface area contributed by atoms with Crippen LogP contribution in [0.4, 0.5) is 11.4 Å². The molecule has 1 atom stereocenters. The SMILES string of the molecule is Cc1cc(Br)c(Cl)cc1NC(=O)COC(=O)C1CC(=O)N(c2cccc(Cl)c2)C1. The van der Waals surface area contributed by atoms with E-state index in [0.717, 1.165) is 10.0 Å². The summed E-state index contributed by atoms with van der Waals surface area (Å²) in [4.78, 5) is 38.2. The number of hydrogen-bond donors (Lipinski definition) is 1. The molecule has 9 heteroatoms. The molecule has 29 heavy (non-hydrogen) atoms. The molecule has 0 aliphatic carbocycles. The van der Waals surface area contributed by atoms with Gasteiger partial charge in [-0.15, -0.1) is 0 Å². The fourth-order valence-corrected chi connectivity index (χ4v) is 3.79.